The van der Waals surface area contributed by atoms with Crippen molar-refractivity contribution in [1.29, 1.82) is 0 Å². The van der Waals surface area contributed by atoms with Crippen LogP contribution in [0, 0.1) is 0 Å². The second-order valence-electron chi connectivity index (χ2n) is 6.64. The molecule has 2 N–H and O–H groups in total. The van der Waals surface area contributed by atoms with Gasteiger partial charge >= 0.3 is 0 Å². The van der Waals surface area contributed by atoms with E-state index in [1.54, 1.807) is 18.3 Å². The summed E-state index contributed by atoms with van der Waals surface area (Å²) in [6.45, 7) is 2.89. The fourth-order valence-corrected chi connectivity index (χ4v) is 5.20. The number of anilines is 1. The molecule has 0 bridgehead atoms. The van der Waals surface area contributed by atoms with Gasteiger partial charge in [-0.1, -0.05) is 16.3 Å². The third kappa shape index (κ3) is 2.75. The van der Waals surface area contributed by atoms with Crippen LogP contribution < -0.4 is 10.0 Å². The van der Waals surface area contributed by atoms with Gasteiger partial charge in [-0.15, -0.1) is 4.72 Å². The van der Waals surface area contributed by atoms with Crippen molar-refractivity contribution in [3.05, 3.63) is 42.2 Å². The first-order valence-electron chi connectivity index (χ1n) is 8.04. The number of benzene rings is 1. The third-order valence-corrected chi connectivity index (χ3v) is 6.52. The number of likely N-dealkylation sites (tertiary alicyclic amines) is 1. The quantitative estimate of drug-likeness (QED) is 0.791. The Morgan fingerprint density at radius 1 is 1.38 bits per heavy atom. The number of nitrogens with zero attached hydrogens (tertiary/aromatic N) is 3. The van der Waals surface area contributed by atoms with E-state index in [9.17, 15) is 8.76 Å². The Morgan fingerprint density at radius 3 is 3.00 bits per heavy atom. The van der Waals surface area contributed by atoms with Crippen molar-refractivity contribution in [2.75, 3.05) is 25.0 Å². The van der Waals surface area contributed by atoms with Gasteiger partial charge in [-0.3, -0.25) is 9.58 Å². The molecule has 8 heteroatoms. The zero-order valence-corrected chi connectivity index (χ0v) is 14.4. The minimum absolute atomic E-state index is 0.326. The Morgan fingerprint density at radius 2 is 2.21 bits per heavy atom. The van der Waals surface area contributed by atoms with Gasteiger partial charge in [0, 0.05) is 39.4 Å². The summed E-state index contributed by atoms with van der Waals surface area (Å²) in [7, 11) is -1.60. The van der Waals surface area contributed by atoms with Crippen molar-refractivity contribution in [2.24, 2.45) is 7.05 Å². The van der Waals surface area contributed by atoms with Crippen molar-refractivity contribution in [3.8, 4) is 0 Å². The van der Waals surface area contributed by atoms with Gasteiger partial charge in [0.05, 0.1) is 16.9 Å². The standard InChI is InChI=1S/C16H21N5O2S/c1-20-13(6-8-18-20)10-21-9-7-16(12-21)11-17-14-4-2-3-5-15(14)24(22,23)19-16/h2-6,8,17H,7,9-12H2,1H3,(H-,19,22,23). The van der Waals surface area contributed by atoms with Crippen LogP contribution in [-0.2, 0) is 28.2 Å². The minimum atomic E-state index is -3.52. The first-order valence-corrected chi connectivity index (χ1v) is 9.52. The fraction of sp³-hybridized carbons (Fsp3) is 0.438. The highest BCUT2D eigenvalue weighted by atomic mass is 32.3. The van der Waals surface area contributed by atoms with E-state index in [0.717, 1.165) is 25.2 Å². The van der Waals surface area contributed by atoms with E-state index < -0.39 is 15.9 Å². The number of aryl methyl sites for hydroxylation is 1. The van der Waals surface area contributed by atoms with E-state index in [-0.39, 0.29) is 0 Å². The Labute approximate surface area is 142 Å². The molecule has 1 saturated heterocycles. The molecular weight excluding hydrogens is 326 g/mol. The molecule has 0 saturated carbocycles. The van der Waals surface area contributed by atoms with E-state index >= 15 is 0 Å². The van der Waals surface area contributed by atoms with Crippen LogP contribution in [0.2, 0.25) is 0 Å². The number of nitrogens with one attached hydrogen (secondary N) is 2. The smallest absolute Gasteiger partial charge is 0.198 e. The van der Waals surface area contributed by atoms with Crippen LogP contribution >= 0.6 is 0 Å². The Hall–Kier alpha value is -1.74. The molecule has 1 spiro atoms. The van der Waals surface area contributed by atoms with Crippen molar-refractivity contribution < 1.29 is 8.76 Å². The molecule has 1 fully saturated rings. The topological polar surface area (TPSA) is 85.2 Å². The summed E-state index contributed by atoms with van der Waals surface area (Å²) in [5.74, 6) is 0. The van der Waals surface area contributed by atoms with Gasteiger partial charge in [-0.25, -0.2) is 0 Å². The molecular formula is C16H21N5O2S. The second kappa shape index (κ2) is 5.66. The van der Waals surface area contributed by atoms with Crippen LogP contribution in [0.15, 0.2) is 41.4 Å². The highest BCUT2D eigenvalue weighted by Gasteiger charge is 2.46. The number of aromatic nitrogens is 2. The zero-order valence-electron chi connectivity index (χ0n) is 13.6. The molecule has 1 aromatic carbocycles. The number of fused-ring (bicyclic) bond motifs is 1. The van der Waals surface area contributed by atoms with Crippen molar-refractivity contribution in [3.63, 3.8) is 0 Å². The SMILES string of the molecule is Cn1nccc1CN1CCC2(CNc3ccccc3[S+](=O)([O-])N2)C1. The minimum Gasteiger partial charge on any atom is -0.593 e. The van der Waals surface area contributed by atoms with Gasteiger partial charge in [-0.2, -0.15) is 5.10 Å². The first-order chi connectivity index (χ1) is 11.5. The largest absolute Gasteiger partial charge is 0.593 e. The summed E-state index contributed by atoms with van der Waals surface area (Å²) in [6.07, 6.45) is 2.57. The number of rotatable bonds is 2. The molecule has 1 aromatic heterocycles. The van der Waals surface area contributed by atoms with E-state index in [1.165, 1.54) is 0 Å². The average molecular weight is 347 g/mol. The molecule has 4 rings (SSSR count). The maximum Gasteiger partial charge on any atom is 0.198 e. The summed E-state index contributed by atoms with van der Waals surface area (Å²) >= 11 is 0. The lowest BCUT2D eigenvalue weighted by Crippen LogP contribution is -2.55. The molecule has 0 aliphatic carbocycles. The molecule has 2 aromatic rings. The van der Waals surface area contributed by atoms with E-state index in [1.807, 2.05) is 29.9 Å². The molecule has 2 aliphatic heterocycles. The molecule has 2 aliphatic rings. The molecule has 128 valence electrons. The highest BCUT2D eigenvalue weighted by molar-refractivity contribution is 7.96. The molecule has 0 radical (unpaired) electrons. The molecule has 2 unspecified atom stereocenters. The normalized spacial score (nSPS) is 30.1. The van der Waals surface area contributed by atoms with Gasteiger partial charge in [0.15, 0.2) is 15.3 Å². The summed E-state index contributed by atoms with van der Waals surface area (Å²) in [5, 5.41) is 7.51. The second-order valence-corrected chi connectivity index (χ2v) is 8.29. The number of sulfonamides is 1. The Bertz CT molecular complexity index is 807. The Balaban J connectivity index is 1.55. The molecule has 0 amide bonds. The Kier molecular flexibility index (Phi) is 3.72. The van der Waals surface area contributed by atoms with Gasteiger partial charge in [0.2, 0.25) is 0 Å². The molecule has 3 heterocycles. The van der Waals surface area contributed by atoms with Gasteiger partial charge in [-0.05, 0) is 24.6 Å². The van der Waals surface area contributed by atoms with Crippen LogP contribution in [0.5, 0.6) is 0 Å². The summed E-state index contributed by atoms with van der Waals surface area (Å²) in [4.78, 5) is 2.60. The first kappa shape index (κ1) is 15.8. The number of hydrogen-bond acceptors (Lipinski definition) is 5. The molecule has 24 heavy (non-hydrogen) atoms. The third-order valence-electron chi connectivity index (χ3n) is 4.89. The summed E-state index contributed by atoms with van der Waals surface area (Å²) < 4.78 is 30.3. The molecule has 7 nitrogen and oxygen atoms in total. The average Bonchev–Trinajstić information content (AvgIpc) is 3.10. The van der Waals surface area contributed by atoms with E-state index in [4.69, 9.17) is 0 Å². The van der Waals surface area contributed by atoms with E-state index in [0.29, 0.717) is 23.7 Å². The maximum atomic E-state index is 12.7. The molecule has 2 atom stereocenters. The van der Waals surface area contributed by atoms with Crippen molar-refractivity contribution in [1.82, 2.24) is 19.4 Å². The van der Waals surface area contributed by atoms with Crippen LogP contribution in [0.4, 0.5) is 5.69 Å². The van der Waals surface area contributed by atoms with E-state index in [2.05, 4.69) is 20.0 Å². The number of hydrogen-bond donors (Lipinski definition) is 2. The highest BCUT2D eigenvalue weighted by Crippen LogP contribution is 2.33. The van der Waals surface area contributed by atoms with Crippen LogP contribution in [-0.4, -0.2) is 44.4 Å². The maximum absolute atomic E-state index is 12.7. The predicted octanol–water partition coefficient (Wildman–Crippen LogP) is 0.984. The lowest BCUT2D eigenvalue weighted by atomic mass is 10.0. The fourth-order valence-electron chi connectivity index (χ4n) is 3.59. The zero-order chi connectivity index (χ0) is 16.8. The lowest BCUT2D eigenvalue weighted by molar-refractivity contribution is 0.289. The van der Waals surface area contributed by atoms with Crippen LogP contribution in [0.3, 0.4) is 0 Å². The van der Waals surface area contributed by atoms with Crippen LogP contribution in [0.1, 0.15) is 12.1 Å². The van der Waals surface area contributed by atoms with Gasteiger partial charge < -0.3 is 9.87 Å². The lowest BCUT2D eigenvalue weighted by Gasteiger charge is -2.29. The number of para-hydroxylation sites is 1. The van der Waals surface area contributed by atoms with Crippen LogP contribution in [0.25, 0.3) is 0 Å². The predicted molar refractivity (Wildman–Crippen MR) is 91.0 cm³/mol. The summed E-state index contributed by atoms with van der Waals surface area (Å²) in [6, 6.07) is 9.06. The van der Waals surface area contributed by atoms with Crippen molar-refractivity contribution in [2.45, 2.75) is 23.4 Å². The van der Waals surface area contributed by atoms with Gasteiger partial charge in [0.25, 0.3) is 0 Å². The summed E-state index contributed by atoms with van der Waals surface area (Å²) in [5.41, 5.74) is 1.32. The van der Waals surface area contributed by atoms with Crippen molar-refractivity contribution >= 4 is 16.1 Å². The monoisotopic (exact) mass is 347 g/mol. The van der Waals surface area contributed by atoms with Gasteiger partial charge in [0.1, 0.15) is 0 Å².